The number of nitrogens with one attached hydrogen (secondary N) is 1. The van der Waals surface area contributed by atoms with Gasteiger partial charge in [-0.05, 0) is 0 Å². The van der Waals surface area contributed by atoms with Crippen LogP contribution >= 0.6 is 0 Å². The molecule has 124 valence electrons. The number of aromatic nitrogens is 2. The van der Waals surface area contributed by atoms with Gasteiger partial charge in [0.1, 0.15) is 11.9 Å². The van der Waals surface area contributed by atoms with Crippen LogP contribution in [0.4, 0.5) is 19.0 Å². The summed E-state index contributed by atoms with van der Waals surface area (Å²) >= 11 is 0. The first kappa shape index (κ1) is 18.1. The van der Waals surface area contributed by atoms with E-state index in [4.69, 9.17) is 5.11 Å². The molecule has 1 atom stereocenters. The molecule has 0 saturated carbocycles. The van der Waals surface area contributed by atoms with E-state index < -0.39 is 39.7 Å². The molecule has 0 spiro atoms. The first-order valence-electron chi connectivity index (χ1n) is 5.72. The number of nitrogens with zero attached hydrogens (tertiary/aromatic N) is 3. The Bertz CT molecular complexity index is 631. The van der Waals surface area contributed by atoms with Gasteiger partial charge in [0.05, 0.1) is 18.1 Å². The van der Waals surface area contributed by atoms with Crippen LogP contribution in [0.1, 0.15) is 10.5 Å². The van der Waals surface area contributed by atoms with Crippen molar-refractivity contribution in [3.63, 3.8) is 0 Å². The molecule has 0 amide bonds. The molecule has 0 aliphatic rings. The molecule has 1 rings (SSSR count). The molecular formula is C10H13F3N4O4S. The first-order chi connectivity index (χ1) is 9.93. The first-order valence-corrected chi connectivity index (χ1v) is 7.33. The van der Waals surface area contributed by atoms with Crippen LogP contribution in [0, 0.1) is 0 Å². The largest absolute Gasteiger partial charge is 0.476 e. The summed E-state index contributed by atoms with van der Waals surface area (Å²) in [5.41, 5.74) is -0.449. The normalized spacial score (nSPS) is 13.9. The highest BCUT2D eigenvalue weighted by Gasteiger charge is 2.43. The molecule has 0 fully saturated rings. The number of sulfonamides is 1. The molecule has 1 aromatic heterocycles. The standard InChI is InChI=1S/C10H13F3N4O4S/c1-17(2)22(20,21)5-7(10(11,12)13)16-8-4-14-6(3-15-8)9(18)19/h3-4,7H,5H2,1-2H3,(H,15,16)(H,18,19). The zero-order valence-electron chi connectivity index (χ0n) is 11.5. The molecule has 1 heterocycles. The molecule has 8 nitrogen and oxygen atoms in total. The summed E-state index contributed by atoms with van der Waals surface area (Å²) in [6.45, 7) is 0. The van der Waals surface area contributed by atoms with Crippen LogP contribution < -0.4 is 5.32 Å². The van der Waals surface area contributed by atoms with Gasteiger partial charge in [-0.2, -0.15) is 13.2 Å². The average molecular weight is 342 g/mol. The minimum absolute atomic E-state index is 0.388. The van der Waals surface area contributed by atoms with Gasteiger partial charge >= 0.3 is 12.1 Å². The predicted octanol–water partition coefficient (Wildman–Crippen LogP) is 0.409. The number of hydrogen-bond donors (Lipinski definition) is 2. The third-order valence-electron chi connectivity index (χ3n) is 2.52. The SMILES string of the molecule is CN(C)S(=O)(=O)CC(Nc1cnc(C(=O)O)cn1)C(F)(F)F. The lowest BCUT2D eigenvalue weighted by Gasteiger charge is -2.23. The number of carboxylic acids is 1. The van der Waals surface area contributed by atoms with E-state index >= 15 is 0 Å². The summed E-state index contributed by atoms with van der Waals surface area (Å²) in [5, 5.41) is 10.5. The zero-order valence-corrected chi connectivity index (χ0v) is 12.3. The van der Waals surface area contributed by atoms with Crippen molar-refractivity contribution in [3.8, 4) is 0 Å². The third kappa shape index (κ3) is 4.80. The Labute approximate surface area is 124 Å². The van der Waals surface area contributed by atoms with E-state index in [1.165, 1.54) is 0 Å². The van der Waals surface area contributed by atoms with Gasteiger partial charge in [0, 0.05) is 14.1 Å². The predicted molar refractivity (Wildman–Crippen MR) is 69.9 cm³/mol. The highest BCUT2D eigenvalue weighted by atomic mass is 32.2. The van der Waals surface area contributed by atoms with Gasteiger partial charge in [-0.1, -0.05) is 0 Å². The van der Waals surface area contributed by atoms with E-state index in [0.29, 0.717) is 4.31 Å². The van der Waals surface area contributed by atoms with E-state index in [1.54, 1.807) is 0 Å². The smallest absolute Gasteiger partial charge is 0.409 e. The van der Waals surface area contributed by atoms with Crippen molar-refractivity contribution in [2.45, 2.75) is 12.2 Å². The zero-order chi connectivity index (χ0) is 17.1. The average Bonchev–Trinajstić information content (AvgIpc) is 2.37. The number of alkyl halides is 3. The molecule has 12 heteroatoms. The Balaban J connectivity index is 2.98. The van der Waals surface area contributed by atoms with Gasteiger partial charge in [-0.15, -0.1) is 0 Å². The summed E-state index contributed by atoms with van der Waals surface area (Å²) in [4.78, 5) is 17.4. The fourth-order valence-corrected chi connectivity index (χ4v) is 2.26. The topological polar surface area (TPSA) is 112 Å². The van der Waals surface area contributed by atoms with Gasteiger partial charge in [0.25, 0.3) is 0 Å². The Kier molecular flexibility index (Phi) is 5.30. The number of anilines is 1. The lowest BCUT2D eigenvalue weighted by Crippen LogP contribution is -2.44. The molecule has 2 N–H and O–H groups in total. The number of rotatable bonds is 6. The van der Waals surface area contributed by atoms with Crippen molar-refractivity contribution < 1.29 is 31.5 Å². The minimum Gasteiger partial charge on any atom is -0.476 e. The highest BCUT2D eigenvalue weighted by molar-refractivity contribution is 7.89. The summed E-state index contributed by atoms with van der Waals surface area (Å²) in [7, 11) is -1.88. The van der Waals surface area contributed by atoms with Gasteiger partial charge in [0.2, 0.25) is 10.0 Å². The van der Waals surface area contributed by atoms with E-state index in [0.717, 1.165) is 26.5 Å². The minimum atomic E-state index is -4.85. The van der Waals surface area contributed by atoms with Gasteiger partial charge in [-0.25, -0.2) is 27.5 Å². The second kappa shape index (κ2) is 6.44. The van der Waals surface area contributed by atoms with Crippen LogP contribution in [0.2, 0.25) is 0 Å². The number of carbonyl (C=O) groups is 1. The van der Waals surface area contributed by atoms with Crippen molar-refractivity contribution in [3.05, 3.63) is 18.1 Å². The molecule has 0 saturated heterocycles. The number of aromatic carboxylic acids is 1. The van der Waals surface area contributed by atoms with Crippen molar-refractivity contribution in [2.24, 2.45) is 0 Å². The number of hydrogen-bond acceptors (Lipinski definition) is 6. The van der Waals surface area contributed by atoms with Crippen LogP contribution in [0.25, 0.3) is 0 Å². The lowest BCUT2D eigenvalue weighted by molar-refractivity contribution is -0.137. The van der Waals surface area contributed by atoms with E-state index in [9.17, 15) is 26.4 Å². The monoisotopic (exact) mass is 342 g/mol. The summed E-state index contributed by atoms with van der Waals surface area (Å²) in [6.07, 6.45) is -3.31. The second-order valence-corrected chi connectivity index (χ2v) is 6.62. The maximum Gasteiger partial charge on any atom is 0.409 e. The molecule has 1 unspecified atom stereocenters. The van der Waals surface area contributed by atoms with Crippen LogP contribution in [-0.2, 0) is 10.0 Å². The summed E-state index contributed by atoms with van der Waals surface area (Å²) in [5.74, 6) is -3.01. The van der Waals surface area contributed by atoms with E-state index in [2.05, 4.69) is 9.97 Å². The molecule has 1 aromatic rings. The Hall–Kier alpha value is -1.95. The van der Waals surface area contributed by atoms with Crippen LogP contribution in [0.5, 0.6) is 0 Å². The van der Waals surface area contributed by atoms with Crippen LogP contribution in [0.15, 0.2) is 12.4 Å². The Morgan fingerprint density at radius 1 is 1.36 bits per heavy atom. The summed E-state index contributed by atoms with van der Waals surface area (Å²) < 4.78 is 62.6. The molecule has 0 bridgehead atoms. The summed E-state index contributed by atoms with van der Waals surface area (Å²) in [6, 6.07) is -2.41. The van der Waals surface area contributed by atoms with Crippen molar-refractivity contribution >= 4 is 21.8 Å². The van der Waals surface area contributed by atoms with E-state index in [1.807, 2.05) is 5.32 Å². The Morgan fingerprint density at radius 3 is 2.32 bits per heavy atom. The number of carboxylic acid groups (broad SMARTS) is 1. The molecular weight excluding hydrogens is 329 g/mol. The molecule has 0 aliphatic carbocycles. The van der Waals surface area contributed by atoms with Crippen molar-refractivity contribution in [1.82, 2.24) is 14.3 Å². The molecule has 0 radical (unpaired) electrons. The van der Waals surface area contributed by atoms with Gasteiger partial charge < -0.3 is 10.4 Å². The maximum atomic E-state index is 12.9. The molecule has 22 heavy (non-hydrogen) atoms. The van der Waals surface area contributed by atoms with Gasteiger partial charge in [0.15, 0.2) is 5.69 Å². The van der Waals surface area contributed by atoms with Crippen LogP contribution in [0.3, 0.4) is 0 Å². The van der Waals surface area contributed by atoms with Crippen LogP contribution in [-0.4, -0.2) is 65.8 Å². The highest BCUT2D eigenvalue weighted by Crippen LogP contribution is 2.24. The molecule has 0 aromatic carbocycles. The second-order valence-electron chi connectivity index (χ2n) is 4.39. The maximum absolute atomic E-state index is 12.9. The van der Waals surface area contributed by atoms with E-state index in [-0.39, 0.29) is 5.82 Å². The fraction of sp³-hybridized carbons (Fsp3) is 0.500. The Morgan fingerprint density at radius 2 is 1.95 bits per heavy atom. The fourth-order valence-electron chi connectivity index (χ4n) is 1.27. The molecule has 0 aliphatic heterocycles. The third-order valence-corrected chi connectivity index (χ3v) is 4.39. The van der Waals surface area contributed by atoms with Crippen molar-refractivity contribution in [2.75, 3.05) is 25.2 Å². The quantitative estimate of drug-likeness (QED) is 0.770. The van der Waals surface area contributed by atoms with Gasteiger partial charge in [-0.3, -0.25) is 0 Å². The lowest BCUT2D eigenvalue weighted by atomic mass is 10.3. The number of halogens is 3. The van der Waals surface area contributed by atoms with Crippen molar-refractivity contribution in [1.29, 1.82) is 0 Å².